The summed E-state index contributed by atoms with van der Waals surface area (Å²) >= 11 is 0. The average Bonchev–Trinajstić information content (AvgIpc) is 2.84. The van der Waals surface area contributed by atoms with Gasteiger partial charge in [0, 0.05) is 6.42 Å². The smallest absolute Gasteiger partial charge is 0.115 e. The zero-order chi connectivity index (χ0) is 22.2. The maximum Gasteiger partial charge on any atom is 0.115 e. The maximum absolute atomic E-state index is 11.0. The lowest BCUT2D eigenvalue weighted by Gasteiger charge is -2.42. The van der Waals surface area contributed by atoms with Gasteiger partial charge in [0.25, 0.3) is 0 Å². The molecule has 0 aliphatic carbocycles. The van der Waals surface area contributed by atoms with Crippen LogP contribution < -0.4 is 0 Å². The quantitative estimate of drug-likeness (QED) is 0.539. The van der Waals surface area contributed by atoms with Crippen molar-refractivity contribution in [3.63, 3.8) is 0 Å². The number of aliphatic hydroxyl groups is 2. The molecule has 2 N–H and O–H groups in total. The van der Waals surface area contributed by atoms with E-state index in [-0.39, 0.29) is 6.61 Å². The Labute approximate surface area is 189 Å². The third-order valence-electron chi connectivity index (χ3n) is 5.74. The molecule has 0 amide bonds. The van der Waals surface area contributed by atoms with E-state index in [1.54, 1.807) is 0 Å². The number of ether oxygens (including phenoxy) is 3. The summed E-state index contributed by atoms with van der Waals surface area (Å²) in [5.74, 6) is 0. The largest absolute Gasteiger partial charge is 0.388 e. The fourth-order valence-electron chi connectivity index (χ4n) is 3.99. The zero-order valence-electron chi connectivity index (χ0n) is 18.0. The highest BCUT2D eigenvalue weighted by molar-refractivity contribution is 5.17. The molecule has 4 rings (SSSR count). The van der Waals surface area contributed by atoms with Crippen LogP contribution in [0.15, 0.2) is 91.0 Å². The third-order valence-corrected chi connectivity index (χ3v) is 5.74. The molecule has 3 aromatic carbocycles. The molecular weight excluding hydrogens is 404 g/mol. The Hall–Kier alpha value is -2.54. The predicted octanol–water partition coefficient (Wildman–Crippen LogP) is 3.52. The Morgan fingerprint density at radius 3 is 1.72 bits per heavy atom. The first-order valence-corrected chi connectivity index (χ1v) is 11.0. The number of rotatable bonds is 9. The van der Waals surface area contributed by atoms with Gasteiger partial charge in [-0.15, -0.1) is 0 Å². The van der Waals surface area contributed by atoms with Crippen molar-refractivity contribution in [1.82, 2.24) is 0 Å². The molecule has 0 bridgehead atoms. The molecule has 5 nitrogen and oxygen atoms in total. The Balaban J connectivity index is 1.44. The Bertz CT molecular complexity index is 919. The van der Waals surface area contributed by atoms with Crippen molar-refractivity contribution in [3.05, 3.63) is 108 Å². The molecule has 168 valence electrons. The molecule has 5 atom stereocenters. The van der Waals surface area contributed by atoms with Crippen molar-refractivity contribution < 1.29 is 24.4 Å². The topological polar surface area (TPSA) is 68.2 Å². The Kier molecular flexibility index (Phi) is 8.04. The standard InChI is InChI=1S/C27H30O5/c28-25-23(16-20-10-4-1-5-11-20)32-24(19-30-17-21-12-6-2-7-13-21)26(29)27(25)31-18-22-14-8-3-9-15-22/h1-15,23-29H,16-19H2/t23-,24+,25-,26+,27+/m0/s1. The SMILES string of the molecule is O[C@@H]1[C@@H](OCc2ccccc2)[C@H](O)[C@@H](COCc2ccccc2)O[C@H]1Cc1ccccc1. The van der Waals surface area contributed by atoms with Gasteiger partial charge in [0.15, 0.2) is 0 Å². The molecule has 0 unspecified atom stereocenters. The molecule has 0 radical (unpaired) electrons. The summed E-state index contributed by atoms with van der Waals surface area (Å²) < 4.78 is 18.0. The van der Waals surface area contributed by atoms with Crippen LogP contribution in [-0.4, -0.2) is 47.3 Å². The van der Waals surface area contributed by atoms with Gasteiger partial charge in [0.05, 0.1) is 25.9 Å². The summed E-state index contributed by atoms with van der Waals surface area (Å²) in [6, 6.07) is 29.5. The van der Waals surface area contributed by atoms with Gasteiger partial charge >= 0.3 is 0 Å². The van der Waals surface area contributed by atoms with Crippen LogP contribution in [0.4, 0.5) is 0 Å². The van der Waals surface area contributed by atoms with E-state index >= 15 is 0 Å². The minimum Gasteiger partial charge on any atom is -0.388 e. The molecule has 1 aliphatic rings. The van der Waals surface area contributed by atoms with E-state index in [9.17, 15) is 10.2 Å². The number of benzene rings is 3. The lowest BCUT2D eigenvalue weighted by atomic mass is 9.91. The average molecular weight is 435 g/mol. The second kappa shape index (κ2) is 11.4. The number of aliphatic hydroxyl groups excluding tert-OH is 2. The predicted molar refractivity (Wildman–Crippen MR) is 122 cm³/mol. The summed E-state index contributed by atoms with van der Waals surface area (Å²) in [5.41, 5.74) is 3.09. The van der Waals surface area contributed by atoms with Crippen molar-refractivity contribution >= 4 is 0 Å². The van der Waals surface area contributed by atoms with Crippen LogP contribution in [0, 0.1) is 0 Å². The van der Waals surface area contributed by atoms with Crippen LogP contribution in [0.25, 0.3) is 0 Å². The van der Waals surface area contributed by atoms with Crippen molar-refractivity contribution in [2.75, 3.05) is 6.61 Å². The van der Waals surface area contributed by atoms with E-state index < -0.39 is 30.5 Å². The molecule has 3 aromatic rings. The molecule has 1 fully saturated rings. The maximum atomic E-state index is 11.0. The molecule has 0 spiro atoms. The monoisotopic (exact) mass is 434 g/mol. The van der Waals surface area contributed by atoms with Gasteiger partial charge in [-0.05, 0) is 16.7 Å². The van der Waals surface area contributed by atoms with Gasteiger partial charge in [0.1, 0.15) is 24.4 Å². The summed E-state index contributed by atoms with van der Waals surface area (Å²) in [6.45, 7) is 0.934. The van der Waals surface area contributed by atoms with E-state index in [4.69, 9.17) is 14.2 Å². The second-order valence-electron chi connectivity index (χ2n) is 8.15. The van der Waals surface area contributed by atoms with Gasteiger partial charge < -0.3 is 24.4 Å². The van der Waals surface area contributed by atoms with Crippen LogP contribution in [-0.2, 0) is 33.8 Å². The first-order chi connectivity index (χ1) is 15.7. The fraction of sp³-hybridized carbons (Fsp3) is 0.333. The minimum absolute atomic E-state index is 0.208. The van der Waals surface area contributed by atoms with Gasteiger partial charge in [0.2, 0.25) is 0 Å². The van der Waals surface area contributed by atoms with E-state index in [0.29, 0.717) is 19.6 Å². The van der Waals surface area contributed by atoms with Gasteiger partial charge in [-0.2, -0.15) is 0 Å². The van der Waals surface area contributed by atoms with E-state index in [1.807, 2.05) is 91.0 Å². The van der Waals surface area contributed by atoms with E-state index in [0.717, 1.165) is 16.7 Å². The molecular formula is C27H30O5. The first kappa shape index (κ1) is 22.6. The molecule has 1 aliphatic heterocycles. The lowest BCUT2D eigenvalue weighted by molar-refractivity contribution is -0.247. The summed E-state index contributed by atoms with van der Waals surface area (Å²) in [5, 5.41) is 22.0. The fourth-order valence-corrected chi connectivity index (χ4v) is 3.99. The minimum atomic E-state index is -1.00. The van der Waals surface area contributed by atoms with Crippen molar-refractivity contribution in [2.24, 2.45) is 0 Å². The van der Waals surface area contributed by atoms with Gasteiger partial charge in [-0.25, -0.2) is 0 Å². The van der Waals surface area contributed by atoms with Crippen molar-refractivity contribution in [3.8, 4) is 0 Å². The van der Waals surface area contributed by atoms with Crippen LogP contribution in [0.3, 0.4) is 0 Å². The van der Waals surface area contributed by atoms with Gasteiger partial charge in [-0.3, -0.25) is 0 Å². The highest BCUT2D eigenvalue weighted by Gasteiger charge is 2.45. The highest BCUT2D eigenvalue weighted by atomic mass is 16.6. The highest BCUT2D eigenvalue weighted by Crippen LogP contribution is 2.27. The number of hydrogen-bond donors (Lipinski definition) is 2. The Morgan fingerprint density at radius 1 is 0.625 bits per heavy atom. The van der Waals surface area contributed by atoms with E-state index in [1.165, 1.54) is 0 Å². The van der Waals surface area contributed by atoms with E-state index in [2.05, 4.69) is 0 Å². The van der Waals surface area contributed by atoms with Crippen molar-refractivity contribution in [2.45, 2.75) is 50.2 Å². The van der Waals surface area contributed by atoms with Crippen LogP contribution >= 0.6 is 0 Å². The molecule has 1 heterocycles. The second-order valence-corrected chi connectivity index (χ2v) is 8.15. The molecule has 5 heteroatoms. The first-order valence-electron chi connectivity index (χ1n) is 11.0. The van der Waals surface area contributed by atoms with Crippen LogP contribution in [0.2, 0.25) is 0 Å². The summed E-state index contributed by atoms with van der Waals surface area (Å²) in [7, 11) is 0. The molecule has 0 saturated carbocycles. The molecule has 0 aromatic heterocycles. The molecule has 1 saturated heterocycles. The summed E-state index contributed by atoms with van der Waals surface area (Å²) in [4.78, 5) is 0. The Morgan fingerprint density at radius 2 is 1.12 bits per heavy atom. The van der Waals surface area contributed by atoms with Crippen LogP contribution in [0.5, 0.6) is 0 Å². The zero-order valence-corrected chi connectivity index (χ0v) is 18.0. The normalized spacial score (nSPS) is 25.5. The number of hydrogen-bond acceptors (Lipinski definition) is 5. The van der Waals surface area contributed by atoms with Crippen molar-refractivity contribution in [1.29, 1.82) is 0 Å². The summed E-state index contributed by atoms with van der Waals surface area (Å²) in [6.07, 6.45) is -3.32. The van der Waals surface area contributed by atoms with Crippen LogP contribution in [0.1, 0.15) is 16.7 Å². The lowest BCUT2D eigenvalue weighted by Crippen LogP contribution is -2.60. The van der Waals surface area contributed by atoms with Gasteiger partial charge in [-0.1, -0.05) is 91.0 Å². The molecule has 32 heavy (non-hydrogen) atoms. The third kappa shape index (κ3) is 6.03.